The van der Waals surface area contributed by atoms with Gasteiger partial charge >= 0.3 is 7.12 Å². The van der Waals surface area contributed by atoms with Gasteiger partial charge in [-0.25, -0.2) is 13.1 Å². The van der Waals surface area contributed by atoms with Crippen LogP contribution in [0.3, 0.4) is 0 Å². The van der Waals surface area contributed by atoms with Crippen molar-refractivity contribution in [2.45, 2.75) is 57.1 Å². The van der Waals surface area contributed by atoms with Crippen molar-refractivity contribution in [2.24, 2.45) is 5.92 Å². The molecule has 1 atom stereocenters. The largest absolute Gasteiger partial charge is 0.495 e. The molecule has 1 aromatic rings. The molecule has 0 saturated carbocycles. The van der Waals surface area contributed by atoms with E-state index in [-0.39, 0.29) is 10.8 Å². The predicted octanol–water partition coefficient (Wildman–Crippen LogP) is 1.61. The lowest BCUT2D eigenvalue weighted by molar-refractivity contribution is 0.00578. The highest BCUT2D eigenvalue weighted by atomic mass is 32.2. The molecule has 26 heavy (non-hydrogen) atoms. The summed E-state index contributed by atoms with van der Waals surface area (Å²) in [4.78, 5) is 0.228. The molecule has 6 nitrogen and oxygen atoms in total. The molecule has 2 aliphatic rings. The Morgan fingerprint density at radius 3 is 2.42 bits per heavy atom. The molecule has 144 valence electrons. The number of benzene rings is 1. The first-order chi connectivity index (χ1) is 12.0. The number of ether oxygens (including phenoxy) is 1. The van der Waals surface area contributed by atoms with E-state index in [1.807, 2.05) is 34.6 Å². The number of rotatable bonds is 5. The zero-order valence-electron chi connectivity index (χ0n) is 16.2. The van der Waals surface area contributed by atoms with Crippen LogP contribution in [-0.2, 0) is 24.1 Å². The van der Waals surface area contributed by atoms with Crippen LogP contribution in [-0.4, -0.2) is 46.5 Å². The minimum Gasteiger partial charge on any atom is -0.399 e. The summed E-state index contributed by atoms with van der Waals surface area (Å²) in [6, 6.07) is 5.08. The summed E-state index contributed by atoms with van der Waals surface area (Å²) in [6.07, 6.45) is 0.885. The summed E-state index contributed by atoms with van der Waals surface area (Å²) in [6.45, 7) is 11.5. The van der Waals surface area contributed by atoms with Crippen LogP contribution in [0.2, 0.25) is 0 Å². The maximum Gasteiger partial charge on any atom is 0.495 e. The highest BCUT2D eigenvalue weighted by molar-refractivity contribution is 7.89. The smallest absolute Gasteiger partial charge is 0.399 e. The molecule has 0 spiro atoms. The van der Waals surface area contributed by atoms with E-state index in [1.165, 1.54) is 0 Å². The van der Waals surface area contributed by atoms with Crippen LogP contribution >= 0.6 is 0 Å². The Bertz CT molecular complexity index is 756. The molecular formula is C18H28BNO5S. The molecule has 2 saturated heterocycles. The first-order valence-corrected chi connectivity index (χ1v) is 10.5. The Morgan fingerprint density at radius 1 is 1.19 bits per heavy atom. The molecule has 1 N–H and O–H groups in total. The third kappa shape index (κ3) is 3.85. The summed E-state index contributed by atoms with van der Waals surface area (Å²) < 4.78 is 45.5. The zero-order valence-corrected chi connectivity index (χ0v) is 17.0. The highest BCUT2D eigenvalue weighted by Gasteiger charge is 2.52. The van der Waals surface area contributed by atoms with E-state index < -0.39 is 28.3 Å². The van der Waals surface area contributed by atoms with Crippen LogP contribution in [0.25, 0.3) is 0 Å². The first-order valence-electron chi connectivity index (χ1n) is 9.05. The van der Waals surface area contributed by atoms with E-state index in [0.29, 0.717) is 19.8 Å². The van der Waals surface area contributed by atoms with Gasteiger partial charge in [-0.1, -0.05) is 11.6 Å². The monoisotopic (exact) mass is 381 g/mol. The topological polar surface area (TPSA) is 73.9 Å². The molecule has 1 unspecified atom stereocenters. The van der Waals surface area contributed by atoms with E-state index in [0.717, 1.165) is 17.4 Å². The van der Waals surface area contributed by atoms with Gasteiger partial charge in [-0.3, -0.25) is 0 Å². The average molecular weight is 381 g/mol. The second-order valence-corrected chi connectivity index (χ2v) is 9.96. The summed E-state index contributed by atoms with van der Waals surface area (Å²) in [5.74, 6) is 0.234. The number of hydrogen-bond donors (Lipinski definition) is 1. The van der Waals surface area contributed by atoms with E-state index in [1.54, 1.807) is 18.2 Å². The van der Waals surface area contributed by atoms with Crippen molar-refractivity contribution in [3.63, 3.8) is 0 Å². The Labute approximate surface area is 156 Å². The van der Waals surface area contributed by atoms with Crippen molar-refractivity contribution in [2.75, 3.05) is 19.8 Å². The van der Waals surface area contributed by atoms with Crippen LogP contribution in [0.4, 0.5) is 0 Å². The molecule has 2 aliphatic heterocycles. The second-order valence-electron chi connectivity index (χ2n) is 8.19. The Balaban J connectivity index is 1.81. The van der Waals surface area contributed by atoms with Crippen molar-refractivity contribution in [1.29, 1.82) is 0 Å². The molecule has 1 aromatic carbocycles. The van der Waals surface area contributed by atoms with Crippen molar-refractivity contribution in [3.05, 3.63) is 23.8 Å². The summed E-state index contributed by atoms with van der Waals surface area (Å²) in [7, 11) is -4.18. The quantitative estimate of drug-likeness (QED) is 0.785. The first kappa shape index (κ1) is 19.8. The third-order valence-corrected chi connectivity index (χ3v) is 7.08. The predicted molar refractivity (Wildman–Crippen MR) is 101 cm³/mol. The molecule has 0 aliphatic carbocycles. The number of nitrogens with one attached hydrogen (secondary N) is 1. The Kier molecular flexibility index (Phi) is 5.27. The van der Waals surface area contributed by atoms with Crippen LogP contribution in [0.5, 0.6) is 0 Å². The van der Waals surface area contributed by atoms with Crippen molar-refractivity contribution < 1.29 is 22.5 Å². The molecule has 0 amide bonds. The standard InChI is InChI=1S/C18H28BNO5S/c1-13-6-7-15(26(21,22)20-11-14-8-9-23-12-14)10-16(13)19-24-17(2,3)18(4,5)25-19/h6-7,10,14,20H,8-9,11-12H2,1-5H3. The van der Waals surface area contributed by atoms with Crippen LogP contribution in [0.15, 0.2) is 23.1 Å². The lowest BCUT2D eigenvalue weighted by Crippen LogP contribution is -2.41. The molecule has 0 bridgehead atoms. The molecule has 0 aromatic heterocycles. The molecule has 3 rings (SSSR count). The Hall–Kier alpha value is -0.925. The molecule has 0 radical (unpaired) electrons. The number of sulfonamides is 1. The lowest BCUT2D eigenvalue weighted by Gasteiger charge is -2.32. The van der Waals surface area contributed by atoms with E-state index >= 15 is 0 Å². The fourth-order valence-corrected chi connectivity index (χ4v) is 4.22. The van der Waals surface area contributed by atoms with Gasteiger partial charge in [0.1, 0.15) is 0 Å². The summed E-state index contributed by atoms with van der Waals surface area (Å²) >= 11 is 0. The maximum atomic E-state index is 12.7. The van der Waals surface area contributed by atoms with Gasteiger partial charge in [0.2, 0.25) is 10.0 Å². The minimum absolute atomic E-state index is 0.228. The summed E-state index contributed by atoms with van der Waals surface area (Å²) in [5.41, 5.74) is 0.738. The third-order valence-electron chi connectivity index (χ3n) is 5.65. The SMILES string of the molecule is Cc1ccc(S(=O)(=O)NCC2CCOC2)cc1B1OC(C)(C)C(C)(C)O1. The van der Waals surface area contributed by atoms with Gasteiger partial charge in [0.05, 0.1) is 22.7 Å². The van der Waals surface area contributed by atoms with Gasteiger partial charge in [0, 0.05) is 13.2 Å². The van der Waals surface area contributed by atoms with Crippen molar-refractivity contribution >= 4 is 22.6 Å². The van der Waals surface area contributed by atoms with E-state index in [9.17, 15) is 8.42 Å². The van der Waals surface area contributed by atoms with Gasteiger partial charge in [-0.15, -0.1) is 0 Å². The summed E-state index contributed by atoms with van der Waals surface area (Å²) in [5, 5.41) is 0. The van der Waals surface area contributed by atoms with Gasteiger partial charge in [-0.05, 0) is 64.6 Å². The highest BCUT2D eigenvalue weighted by Crippen LogP contribution is 2.36. The fraction of sp³-hybridized carbons (Fsp3) is 0.667. The minimum atomic E-state index is -3.59. The van der Waals surface area contributed by atoms with Crippen LogP contribution in [0.1, 0.15) is 39.7 Å². The van der Waals surface area contributed by atoms with Crippen molar-refractivity contribution in [3.8, 4) is 0 Å². The van der Waals surface area contributed by atoms with Gasteiger partial charge in [0.25, 0.3) is 0 Å². The molecule has 2 heterocycles. The average Bonchev–Trinajstić information content (AvgIpc) is 3.12. The van der Waals surface area contributed by atoms with Gasteiger partial charge < -0.3 is 14.0 Å². The van der Waals surface area contributed by atoms with Crippen LogP contribution in [0, 0.1) is 12.8 Å². The van der Waals surface area contributed by atoms with Crippen molar-refractivity contribution in [1.82, 2.24) is 4.72 Å². The van der Waals surface area contributed by atoms with E-state index in [4.69, 9.17) is 14.0 Å². The Morgan fingerprint density at radius 2 is 1.85 bits per heavy atom. The number of aryl methyl sites for hydroxylation is 1. The lowest BCUT2D eigenvalue weighted by atomic mass is 9.76. The number of hydrogen-bond acceptors (Lipinski definition) is 5. The van der Waals surface area contributed by atoms with Gasteiger partial charge in [-0.2, -0.15) is 0 Å². The normalized spacial score (nSPS) is 25.0. The fourth-order valence-electron chi connectivity index (χ4n) is 3.06. The zero-order chi connectivity index (χ0) is 19.2. The van der Waals surface area contributed by atoms with Gasteiger partial charge in [0.15, 0.2) is 0 Å². The molecular weight excluding hydrogens is 353 g/mol. The van der Waals surface area contributed by atoms with E-state index in [2.05, 4.69) is 4.72 Å². The maximum absolute atomic E-state index is 12.7. The molecule has 8 heteroatoms. The molecule has 2 fully saturated rings. The van der Waals surface area contributed by atoms with Crippen LogP contribution < -0.4 is 10.2 Å². The second kappa shape index (κ2) is 6.91.